The van der Waals surface area contributed by atoms with E-state index < -0.39 is 5.97 Å². The first-order valence-corrected chi connectivity index (χ1v) is 9.59. The van der Waals surface area contributed by atoms with Gasteiger partial charge in [0.15, 0.2) is 0 Å². The lowest BCUT2D eigenvalue weighted by atomic mass is 9.81. The van der Waals surface area contributed by atoms with Crippen molar-refractivity contribution in [3.05, 3.63) is 65.5 Å². The van der Waals surface area contributed by atoms with Gasteiger partial charge in [-0.2, -0.15) is 0 Å². The second-order valence-electron chi connectivity index (χ2n) is 7.23. The number of anilines is 1. The summed E-state index contributed by atoms with van der Waals surface area (Å²) in [6.07, 6.45) is 2.13. The number of amides is 2. The molecular formula is C22H23FN2O4. The zero-order chi connectivity index (χ0) is 20.8. The first-order chi connectivity index (χ1) is 13.9. The molecule has 0 aromatic heterocycles. The molecule has 2 aromatic carbocycles. The summed E-state index contributed by atoms with van der Waals surface area (Å²) in [4.78, 5) is 35.6. The van der Waals surface area contributed by atoms with E-state index in [-0.39, 0.29) is 36.0 Å². The number of carbonyl (C=O) groups is 3. The number of carboxylic acid groups (broad SMARTS) is 1. The average Bonchev–Trinajstić information content (AvgIpc) is 2.73. The molecule has 1 aliphatic rings. The van der Waals surface area contributed by atoms with Gasteiger partial charge in [-0.15, -0.1) is 0 Å². The van der Waals surface area contributed by atoms with Crippen LogP contribution < -0.4 is 10.6 Å². The van der Waals surface area contributed by atoms with Crippen LogP contribution in [0.25, 0.3) is 0 Å². The van der Waals surface area contributed by atoms with Crippen LogP contribution >= 0.6 is 0 Å². The van der Waals surface area contributed by atoms with Gasteiger partial charge in [0.2, 0.25) is 5.91 Å². The van der Waals surface area contributed by atoms with E-state index in [1.165, 1.54) is 6.07 Å². The largest absolute Gasteiger partial charge is 0.481 e. The number of hydrogen-bond donors (Lipinski definition) is 3. The Balaban J connectivity index is 1.50. The molecule has 1 fully saturated rings. The Morgan fingerprint density at radius 3 is 2.17 bits per heavy atom. The number of halogens is 1. The SMILES string of the molecule is O=C(NCc1ccccc1F)c1ccc(NC(=O)C2CCC(C(=O)O)CC2)cc1. The van der Waals surface area contributed by atoms with E-state index in [0.29, 0.717) is 42.5 Å². The minimum absolute atomic E-state index is 0.0863. The van der Waals surface area contributed by atoms with Gasteiger partial charge in [0.1, 0.15) is 5.82 Å². The summed E-state index contributed by atoms with van der Waals surface area (Å²) in [6, 6.07) is 12.7. The molecule has 3 rings (SSSR count). The Hall–Kier alpha value is -3.22. The number of nitrogens with one attached hydrogen (secondary N) is 2. The Labute approximate surface area is 168 Å². The molecule has 2 aromatic rings. The molecule has 0 spiro atoms. The molecule has 1 aliphatic carbocycles. The number of benzene rings is 2. The van der Waals surface area contributed by atoms with E-state index >= 15 is 0 Å². The molecule has 6 nitrogen and oxygen atoms in total. The molecule has 1 saturated carbocycles. The number of hydrogen-bond acceptors (Lipinski definition) is 3. The van der Waals surface area contributed by atoms with Gasteiger partial charge in [0, 0.05) is 29.3 Å². The maximum atomic E-state index is 13.6. The zero-order valence-electron chi connectivity index (χ0n) is 15.9. The lowest BCUT2D eigenvalue weighted by Gasteiger charge is -2.25. The molecule has 29 heavy (non-hydrogen) atoms. The van der Waals surface area contributed by atoms with E-state index in [4.69, 9.17) is 5.11 Å². The lowest BCUT2D eigenvalue weighted by Crippen LogP contribution is -2.29. The standard InChI is InChI=1S/C22H23FN2O4/c23-19-4-2-1-3-17(19)13-24-20(26)14-9-11-18(12-10-14)25-21(27)15-5-7-16(8-6-15)22(28)29/h1-4,9-12,15-16H,5-8,13H2,(H,24,26)(H,25,27)(H,28,29). The summed E-state index contributed by atoms with van der Waals surface area (Å²) < 4.78 is 13.6. The Morgan fingerprint density at radius 1 is 0.931 bits per heavy atom. The molecule has 2 amide bonds. The summed E-state index contributed by atoms with van der Waals surface area (Å²) in [5.41, 5.74) is 1.38. The minimum atomic E-state index is -0.798. The third kappa shape index (κ3) is 5.40. The third-order valence-electron chi connectivity index (χ3n) is 5.26. The molecule has 0 atom stereocenters. The van der Waals surface area contributed by atoms with Crippen LogP contribution in [0.1, 0.15) is 41.6 Å². The van der Waals surface area contributed by atoms with Gasteiger partial charge in [-0.05, 0) is 56.0 Å². The van der Waals surface area contributed by atoms with Crippen molar-refractivity contribution in [1.29, 1.82) is 0 Å². The summed E-state index contributed by atoms with van der Waals surface area (Å²) in [5, 5.41) is 14.5. The maximum absolute atomic E-state index is 13.6. The quantitative estimate of drug-likeness (QED) is 0.693. The van der Waals surface area contributed by atoms with Crippen LogP contribution in [-0.4, -0.2) is 22.9 Å². The van der Waals surface area contributed by atoms with E-state index in [0.717, 1.165) is 0 Å². The molecule has 0 radical (unpaired) electrons. The topological polar surface area (TPSA) is 95.5 Å². The Kier molecular flexibility index (Phi) is 6.59. The van der Waals surface area contributed by atoms with Gasteiger partial charge in [0.05, 0.1) is 5.92 Å². The third-order valence-corrected chi connectivity index (χ3v) is 5.26. The van der Waals surface area contributed by atoms with Crippen molar-refractivity contribution in [3.8, 4) is 0 Å². The fraction of sp³-hybridized carbons (Fsp3) is 0.318. The first-order valence-electron chi connectivity index (χ1n) is 9.59. The van der Waals surface area contributed by atoms with Gasteiger partial charge in [-0.25, -0.2) is 4.39 Å². The Bertz CT molecular complexity index is 890. The van der Waals surface area contributed by atoms with Gasteiger partial charge in [-0.1, -0.05) is 18.2 Å². The normalized spacial score (nSPS) is 18.7. The first kappa shape index (κ1) is 20.5. The predicted octanol–water partition coefficient (Wildman–Crippen LogP) is 3.59. The van der Waals surface area contributed by atoms with Crippen molar-refractivity contribution >= 4 is 23.5 Å². The second-order valence-corrected chi connectivity index (χ2v) is 7.23. The van der Waals surface area contributed by atoms with Gasteiger partial charge < -0.3 is 15.7 Å². The van der Waals surface area contributed by atoms with Crippen LogP contribution in [0, 0.1) is 17.7 Å². The molecule has 152 valence electrons. The van der Waals surface area contributed by atoms with Crippen molar-refractivity contribution in [3.63, 3.8) is 0 Å². The summed E-state index contributed by atoms with van der Waals surface area (Å²) in [6.45, 7) is 0.0863. The highest BCUT2D eigenvalue weighted by Crippen LogP contribution is 2.29. The van der Waals surface area contributed by atoms with E-state index in [1.807, 2.05) is 0 Å². The second kappa shape index (κ2) is 9.32. The summed E-state index contributed by atoms with van der Waals surface area (Å²) >= 11 is 0. The van der Waals surface area contributed by atoms with Crippen molar-refractivity contribution in [1.82, 2.24) is 5.32 Å². The van der Waals surface area contributed by atoms with Crippen molar-refractivity contribution < 1.29 is 23.9 Å². The molecule has 7 heteroatoms. The van der Waals surface area contributed by atoms with E-state index in [1.54, 1.807) is 42.5 Å². The predicted molar refractivity (Wildman–Crippen MR) is 106 cm³/mol. The molecule has 0 saturated heterocycles. The monoisotopic (exact) mass is 398 g/mol. The molecule has 0 bridgehead atoms. The highest BCUT2D eigenvalue weighted by molar-refractivity contribution is 5.96. The van der Waals surface area contributed by atoms with E-state index in [9.17, 15) is 18.8 Å². The van der Waals surface area contributed by atoms with Crippen LogP contribution in [0.4, 0.5) is 10.1 Å². The Morgan fingerprint density at radius 2 is 1.55 bits per heavy atom. The number of carboxylic acids is 1. The molecule has 0 aliphatic heterocycles. The van der Waals surface area contributed by atoms with Gasteiger partial charge >= 0.3 is 5.97 Å². The zero-order valence-corrected chi connectivity index (χ0v) is 15.9. The average molecular weight is 398 g/mol. The van der Waals surface area contributed by atoms with Crippen LogP contribution in [-0.2, 0) is 16.1 Å². The van der Waals surface area contributed by atoms with Crippen molar-refractivity contribution in [2.24, 2.45) is 11.8 Å². The minimum Gasteiger partial charge on any atom is -0.481 e. The molecule has 0 heterocycles. The summed E-state index contributed by atoms with van der Waals surface area (Å²) in [5.74, 6) is -2.20. The van der Waals surface area contributed by atoms with E-state index in [2.05, 4.69) is 10.6 Å². The number of carbonyl (C=O) groups excluding carboxylic acids is 2. The van der Waals surface area contributed by atoms with Crippen LogP contribution in [0.15, 0.2) is 48.5 Å². The highest BCUT2D eigenvalue weighted by Gasteiger charge is 2.29. The van der Waals surface area contributed by atoms with Crippen molar-refractivity contribution in [2.45, 2.75) is 32.2 Å². The molecule has 0 unspecified atom stereocenters. The van der Waals surface area contributed by atoms with Crippen LogP contribution in [0.2, 0.25) is 0 Å². The number of aliphatic carboxylic acids is 1. The lowest BCUT2D eigenvalue weighted by molar-refractivity contribution is -0.143. The molecule has 3 N–H and O–H groups in total. The van der Waals surface area contributed by atoms with Crippen LogP contribution in [0.3, 0.4) is 0 Å². The fourth-order valence-corrected chi connectivity index (χ4v) is 3.47. The van der Waals surface area contributed by atoms with Gasteiger partial charge in [0.25, 0.3) is 5.91 Å². The van der Waals surface area contributed by atoms with Crippen LogP contribution in [0.5, 0.6) is 0 Å². The maximum Gasteiger partial charge on any atom is 0.306 e. The number of rotatable bonds is 6. The smallest absolute Gasteiger partial charge is 0.306 e. The van der Waals surface area contributed by atoms with Gasteiger partial charge in [-0.3, -0.25) is 14.4 Å². The highest BCUT2D eigenvalue weighted by atomic mass is 19.1. The van der Waals surface area contributed by atoms with Crippen molar-refractivity contribution in [2.75, 3.05) is 5.32 Å². The summed E-state index contributed by atoms with van der Waals surface area (Å²) in [7, 11) is 0. The molecular weight excluding hydrogens is 375 g/mol. The fourth-order valence-electron chi connectivity index (χ4n) is 3.47.